The third kappa shape index (κ3) is 2.96. The number of halogens is 2. The lowest BCUT2D eigenvalue weighted by Crippen LogP contribution is -2.00. The highest BCUT2D eigenvalue weighted by molar-refractivity contribution is 5.44. The standard InChI is InChI=1S/C16H16F2O2/c1-9-4-5-12(17)7-15(9)20-16-6-10(2)14(18)8-13(16)11(3)19/h4-8,11,19H,1-3H3/t11-/m1/s1. The molecule has 0 spiro atoms. The van der Waals surface area contributed by atoms with E-state index < -0.39 is 17.7 Å². The normalized spacial score (nSPS) is 12.3. The van der Waals surface area contributed by atoms with Crippen LogP contribution in [-0.2, 0) is 0 Å². The molecule has 0 amide bonds. The molecular weight excluding hydrogens is 262 g/mol. The van der Waals surface area contributed by atoms with E-state index in [1.807, 2.05) is 0 Å². The molecule has 0 bridgehead atoms. The third-order valence-electron chi connectivity index (χ3n) is 3.11. The van der Waals surface area contributed by atoms with Gasteiger partial charge >= 0.3 is 0 Å². The molecule has 1 atom stereocenters. The minimum absolute atomic E-state index is 0.326. The molecule has 20 heavy (non-hydrogen) atoms. The lowest BCUT2D eigenvalue weighted by molar-refractivity contribution is 0.195. The molecule has 1 N–H and O–H groups in total. The van der Waals surface area contributed by atoms with Gasteiger partial charge in [-0.15, -0.1) is 0 Å². The van der Waals surface area contributed by atoms with E-state index in [1.54, 1.807) is 19.9 Å². The minimum atomic E-state index is -0.881. The van der Waals surface area contributed by atoms with Crippen molar-refractivity contribution in [2.45, 2.75) is 26.9 Å². The number of ether oxygens (including phenoxy) is 1. The Morgan fingerprint density at radius 2 is 1.70 bits per heavy atom. The van der Waals surface area contributed by atoms with Gasteiger partial charge in [0.25, 0.3) is 0 Å². The zero-order valence-electron chi connectivity index (χ0n) is 11.6. The average Bonchev–Trinajstić information content (AvgIpc) is 2.37. The molecule has 0 saturated carbocycles. The first kappa shape index (κ1) is 14.5. The van der Waals surface area contributed by atoms with Gasteiger partial charge in [0.05, 0.1) is 6.10 Å². The summed E-state index contributed by atoms with van der Waals surface area (Å²) >= 11 is 0. The van der Waals surface area contributed by atoms with Gasteiger partial charge in [-0.05, 0) is 50.1 Å². The van der Waals surface area contributed by atoms with Crippen molar-refractivity contribution in [3.63, 3.8) is 0 Å². The lowest BCUT2D eigenvalue weighted by atomic mass is 10.1. The highest BCUT2D eigenvalue weighted by Crippen LogP contribution is 2.33. The summed E-state index contributed by atoms with van der Waals surface area (Å²) in [6.45, 7) is 4.91. The fraction of sp³-hybridized carbons (Fsp3) is 0.250. The van der Waals surface area contributed by atoms with Crippen molar-refractivity contribution in [3.05, 3.63) is 58.7 Å². The summed E-state index contributed by atoms with van der Waals surface area (Å²) in [6, 6.07) is 6.95. The van der Waals surface area contributed by atoms with Gasteiger partial charge in [0.1, 0.15) is 23.1 Å². The molecule has 0 heterocycles. The van der Waals surface area contributed by atoms with Crippen LogP contribution in [0.25, 0.3) is 0 Å². The van der Waals surface area contributed by atoms with E-state index in [-0.39, 0.29) is 0 Å². The van der Waals surface area contributed by atoms with Gasteiger partial charge in [-0.2, -0.15) is 0 Å². The highest BCUT2D eigenvalue weighted by Gasteiger charge is 2.14. The van der Waals surface area contributed by atoms with Crippen LogP contribution < -0.4 is 4.74 Å². The van der Waals surface area contributed by atoms with Crippen LogP contribution in [0.4, 0.5) is 8.78 Å². The molecule has 2 nitrogen and oxygen atoms in total. The Bertz CT molecular complexity index is 637. The number of rotatable bonds is 3. The first-order valence-corrected chi connectivity index (χ1v) is 6.30. The fourth-order valence-corrected chi connectivity index (χ4v) is 1.89. The molecule has 0 aromatic heterocycles. The van der Waals surface area contributed by atoms with Gasteiger partial charge in [-0.3, -0.25) is 0 Å². The third-order valence-corrected chi connectivity index (χ3v) is 3.11. The van der Waals surface area contributed by atoms with Crippen molar-refractivity contribution in [1.29, 1.82) is 0 Å². The van der Waals surface area contributed by atoms with Gasteiger partial charge in [0.2, 0.25) is 0 Å². The zero-order valence-corrected chi connectivity index (χ0v) is 11.6. The average molecular weight is 278 g/mol. The monoisotopic (exact) mass is 278 g/mol. The Morgan fingerprint density at radius 3 is 2.35 bits per heavy atom. The Balaban J connectivity index is 2.47. The molecule has 106 valence electrons. The van der Waals surface area contributed by atoms with Crippen molar-refractivity contribution in [2.75, 3.05) is 0 Å². The molecule has 4 heteroatoms. The zero-order chi connectivity index (χ0) is 14.9. The maximum Gasteiger partial charge on any atom is 0.133 e. The van der Waals surface area contributed by atoms with E-state index in [1.165, 1.54) is 31.2 Å². The summed E-state index contributed by atoms with van der Waals surface area (Å²) in [7, 11) is 0. The molecule has 2 aromatic rings. The van der Waals surface area contributed by atoms with Crippen molar-refractivity contribution < 1.29 is 18.6 Å². The van der Waals surface area contributed by atoms with Gasteiger partial charge in [0, 0.05) is 11.6 Å². The summed E-state index contributed by atoms with van der Waals surface area (Å²) < 4.78 is 32.5. The topological polar surface area (TPSA) is 29.5 Å². The van der Waals surface area contributed by atoms with Crippen molar-refractivity contribution in [3.8, 4) is 11.5 Å². The van der Waals surface area contributed by atoms with E-state index >= 15 is 0 Å². The molecular formula is C16H16F2O2. The summed E-state index contributed by atoms with van der Waals surface area (Å²) in [5.41, 5.74) is 1.49. The molecule has 0 aliphatic heterocycles. The van der Waals surface area contributed by atoms with E-state index in [0.717, 1.165) is 5.56 Å². The number of hydrogen-bond donors (Lipinski definition) is 1. The fourth-order valence-electron chi connectivity index (χ4n) is 1.89. The molecule has 2 aromatic carbocycles. The van der Waals surface area contributed by atoms with Crippen molar-refractivity contribution >= 4 is 0 Å². The minimum Gasteiger partial charge on any atom is -0.457 e. The number of aryl methyl sites for hydroxylation is 2. The van der Waals surface area contributed by atoms with Gasteiger partial charge in [-0.1, -0.05) is 6.07 Å². The van der Waals surface area contributed by atoms with Crippen LogP contribution in [-0.4, -0.2) is 5.11 Å². The quantitative estimate of drug-likeness (QED) is 0.900. The first-order valence-electron chi connectivity index (χ1n) is 6.30. The Kier molecular flexibility index (Phi) is 4.04. The number of benzene rings is 2. The molecule has 0 aliphatic rings. The van der Waals surface area contributed by atoms with Crippen LogP contribution in [0.5, 0.6) is 11.5 Å². The van der Waals surface area contributed by atoms with Crippen LogP contribution in [0.1, 0.15) is 29.7 Å². The summed E-state index contributed by atoms with van der Waals surface area (Å²) in [6.07, 6.45) is -0.881. The molecule has 0 radical (unpaired) electrons. The largest absolute Gasteiger partial charge is 0.457 e. The molecule has 0 fully saturated rings. The van der Waals surface area contributed by atoms with Gasteiger partial charge < -0.3 is 9.84 Å². The summed E-state index contributed by atoms with van der Waals surface area (Å²) in [5.74, 6) is -0.155. The van der Waals surface area contributed by atoms with E-state index in [2.05, 4.69) is 0 Å². The second kappa shape index (κ2) is 5.59. The van der Waals surface area contributed by atoms with Crippen LogP contribution in [0.2, 0.25) is 0 Å². The van der Waals surface area contributed by atoms with E-state index in [0.29, 0.717) is 22.6 Å². The van der Waals surface area contributed by atoms with E-state index in [9.17, 15) is 13.9 Å². The second-order valence-electron chi connectivity index (χ2n) is 4.83. The molecule has 2 rings (SSSR count). The van der Waals surface area contributed by atoms with Crippen LogP contribution in [0.15, 0.2) is 30.3 Å². The van der Waals surface area contributed by atoms with E-state index in [4.69, 9.17) is 4.74 Å². The highest BCUT2D eigenvalue weighted by atomic mass is 19.1. The SMILES string of the molecule is Cc1cc(Oc2cc(F)ccc2C)c([C@@H](C)O)cc1F. The summed E-state index contributed by atoms with van der Waals surface area (Å²) in [4.78, 5) is 0. The Labute approximate surface area is 116 Å². The Morgan fingerprint density at radius 1 is 1.00 bits per heavy atom. The maximum absolute atomic E-state index is 13.6. The molecule has 0 unspecified atom stereocenters. The van der Waals surface area contributed by atoms with Gasteiger partial charge in [0.15, 0.2) is 0 Å². The van der Waals surface area contributed by atoms with Crippen molar-refractivity contribution in [1.82, 2.24) is 0 Å². The number of aliphatic hydroxyl groups excluding tert-OH is 1. The predicted octanol–water partition coefficient (Wildman–Crippen LogP) is 4.43. The smallest absolute Gasteiger partial charge is 0.133 e. The Hall–Kier alpha value is -1.94. The predicted molar refractivity (Wildman–Crippen MR) is 73.0 cm³/mol. The van der Waals surface area contributed by atoms with Crippen molar-refractivity contribution in [2.24, 2.45) is 0 Å². The van der Waals surface area contributed by atoms with Gasteiger partial charge in [-0.25, -0.2) is 8.78 Å². The number of aliphatic hydroxyl groups is 1. The van der Waals surface area contributed by atoms with Crippen LogP contribution in [0, 0.1) is 25.5 Å². The maximum atomic E-state index is 13.6. The number of hydrogen-bond acceptors (Lipinski definition) is 2. The molecule has 0 aliphatic carbocycles. The molecule has 0 saturated heterocycles. The van der Waals surface area contributed by atoms with Crippen LogP contribution in [0.3, 0.4) is 0 Å². The first-order chi connectivity index (χ1) is 9.38. The summed E-state index contributed by atoms with van der Waals surface area (Å²) in [5, 5.41) is 9.70. The lowest BCUT2D eigenvalue weighted by Gasteiger charge is -2.16. The second-order valence-corrected chi connectivity index (χ2v) is 4.83. The van der Waals surface area contributed by atoms with Crippen LogP contribution >= 0.6 is 0 Å².